The summed E-state index contributed by atoms with van der Waals surface area (Å²) in [5.74, 6) is 0.440. The Balaban J connectivity index is 2.28. The fraction of sp³-hybridized carbons (Fsp3) is 0.143. The van der Waals surface area contributed by atoms with E-state index in [-0.39, 0.29) is 5.91 Å². The molecule has 0 fully saturated rings. The fourth-order valence-corrected chi connectivity index (χ4v) is 2.26. The average molecular weight is 355 g/mol. The molecule has 0 bridgehead atoms. The topological polar surface area (TPSA) is 54.0 Å². The molecule has 1 aromatic heterocycles. The molecule has 0 radical (unpaired) electrons. The standard InChI is InChI=1S/C14H13BrClN3O/c1-8-6-9(7-12(17-2)18-8)14(20)19-11-5-3-4-10(16)13(11)15/h3-7H,1-2H3,(H,17,18)(H,19,20). The van der Waals surface area contributed by atoms with Gasteiger partial charge in [-0.3, -0.25) is 4.79 Å². The summed E-state index contributed by atoms with van der Waals surface area (Å²) in [4.78, 5) is 16.5. The molecule has 0 unspecified atom stereocenters. The predicted octanol–water partition coefficient (Wildman–Crippen LogP) is 4.10. The van der Waals surface area contributed by atoms with Gasteiger partial charge in [0.2, 0.25) is 0 Å². The van der Waals surface area contributed by atoms with E-state index in [0.717, 1.165) is 5.69 Å². The number of nitrogens with one attached hydrogen (secondary N) is 2. The molecule has 0 aliphatic heterocycles. The number of anilines is 2. The molecular formula is C14H13BrClN3O. The third kappa shape index (κ3) is 3.29. The maximum absolute atomic E-state index is 12.3. The van der Waals surface area contributed by atoms with Crippen molar-refractivity contribution in [2.45, 2.75) is 6.92 Å². The first-order chi connectivity index (χ1) is 9.51. The molecule has 0 saturated carbocycles. The van der Waals surface area contributed by atoms with Gasteiger partial charge in [0, 0.05) is 18.3 Å². The van der Waals surface area contributed by atoms with Gasteiger partial charge in [-0.1, -0.05) is 17.7 Å². The van der Waals surface area contributed by atoms with Gasteiger partial charge >= 0.3 is 0 Å². The average Bonchev–Trinajstić information content (AvgIpc) is 2.43. The van der Waals surface area contributed by atoms with Crippen LogP contribution in [-0.2, 0) is 0 Å². The number of nitrogens with zero attached hydrogens (tertiary/aromatic N) is 1. The lowest BCUT2D eigenvalue weighted by Crippen LogP contribution is -2.13. The summed E-state index contributed by atoms with van der Waals surface area (Å²) in [6.45, 7) is 1.84. The minimum Gasteiger partial charge on any atom is -0.373 e. The molecule has 1 heterocycles. The highest BCUT2D eigenvalue weighted by Crippen LogP contribution is 2.30. The molecule has 2 aromatic rings. The molecule has 0 saturated heterocycles. The Morgan fingerprint density at radius 2 is 2.10 bits per heavy atom. The second-order valence-corrected chi connectivity index (χ2v) is 5.39. The van der Waals surface area contributed by atoms with E-state index in [0.29, 0.717) is 26.6 Å². The van der Waals surface area contributed by atoms with Gasteiger partial charge in [-0.15, -0.1) is 0 Å². The predicted molar refractivity (Wildman–Crippen MR) is 85.6 cm³/mol. The molecule has 4 nitrogen and oxygen atoms in total. The zero-order chi connectivity index (χ0) is 14.7. The Hall–Kier alpha value is -1.59. The van der Waals surface area contributed by atoms with Crippen LogP contribution in [0.4, 0.5) is 11.5 Å². The monoisotopic (exact) mass is 353 g/mol. The number of amides is 1. The highest BCUT2D eigenvalue weighted by Gasteiger charge is 2.11. The second-order valence-electron chi connectivity index (χ2n) is 4.19. The lowest BCUT2D eigenvalue weighted by molar-refractivity contribution is 0.102. The number of hydrogen-bond donors (Lipinski definition) is 2. The first kappa shape index (κ1) is 14.8. The minimum atomic E-state index is -0.213. The Morgan fingerprint density at radius 1 is 1.35 bits per heavy atom. The molecule has 0 spiro atoms. The number of pyridine rings is 1. The minimum absolute atomic E-state index is 0.213. The van der Waals surface area contributed by atoms with E-state index >= 15 is 0 Å². The molecular weight excluding hydrogens is 342 g/mol. The highest BCUT2D eigenvalue weighted by atomic mass is 79.9. The summed E-state index contributed by atoms with van der Waals surface area (Å²) < 4.78 is 0.662. The molecule has 0 aliphatic carbocycles. The zero-order valence-electron chi connectivity index (χ0n) is 11.0. The largest absolute Gasteiger partial charge is 0.373 e. The van der Waals surface area contributed by atoms with E-state index in [1.165, 1.54) is 0 Å². The molecule has 2 rings (SSSR count). The van der Waals surface area contributed by atoms with E-state index < -0.39 is 0 Å². The molecule has 1 aromatic carbocycles. The van der Waals surface area contributed by atoms with Crippen molar-refractivity contribution in [3.05, 3.63) is 51.1 Å². The third-order valence-corrected chi connectivity index (χ3v) is 4.07. The van der Waals surface area contributed by atoms with Crippen LogP contribution < -0.4 is 10.6 Å². The van der Waals surface area contributed by atoms with Crippen molar-refractivity contribution in [2.75, 3.05) is 17.7 Å². The van der Waals surface area contributed by atoms with Crippen LogP contribution in [0.5, 0.6) is 0 Å². The number of halogens is 2. The van der Waals surface area contributed by atoms with Crippen LogP contribution >= 0.6 is 27.5 Å². The van der Waals surface area contributed by atoms with Gasteiger partial charge in [0.1, 0.15) is 5.82 Å². The van der Waals surface area contributed by atoms with Gasteiger partial charge in [0.05, 0.1) is 15.2 Å². The van der Waals surface area contributed by atoms with Gasteiger partial charge < -0.3 is 10.6 Å². The SMILES string of the molecule is CNc1cc(C(=O)Nc2cccc(Cl)c2Br)cc(C)n1. The van der Waals surface area contributed by atoms with E-state index in [4.69, 9.17) is 11.6 Å². The van der Waals surface area contributed by atoms with E-state index in [1.54, 1.807) is 37.4 Å². The Labute approximate surface area is 130 Å². The molecule has 0 atom stereocenters. The zero-order valence-corrected chi connectivity index (χ0v) is 13.3. The number of carbonyl (C=O) groups is 1. The Kier molecular flexibility index (Phi) is 4.62. The number of benzene rings is 1. The van der Waals surface area contributed by atoms with Crippen molar-refractivity contribution >= 4 is 44.9 Å². The first-order valence-corrected chi connectivity index (χ1v) is 7.10. The van der Waals surface area contributed by atoms with E-state index in [2.05, 4.69) is 31.5 Å². The molecule has 2 N–H and O–H groups in total. The van der Waals surface area contributed by atoms with Crippen LogP contribution in [0, 0.1) is 6.92 Å². The third-order valence-electron chi connectivity index (χ3n) is 2.67. The molecule has 6 heteroatoms. The lowest BCUT2D eigenvalue weighted by Gasteiger charge is -2.10. The van der Waals surface area contributed by atoms with Crippen LogP contribution in [0.15, 0.2) is 34.8 Å². The second kappa shape index (κ2) is 6.24. The first-order valence-electron chi connectivity index (χ1n) is 5.93. The summed E-state index contributed by atoms with van der Waals surface area (Å²) in [5, 5.41) is 6.29. The lowest BCUT2D eigenvalue weighted by atomic mass is 10.2. The normalized spacial score (nSPS) is 10.2. The van der Waals surface area contributed by atoms with Gasteiger partial charge in [0.25, 0.3) is 5.91 Å². The van der Waals surface area contributed by atoms with Gasteiger partial charge in [-0.25, -0.2) is 4.98 Å². The van der Waals surface area contributed by atoms with Crippen LogP contribution in [0.3, 0.4) is 0 Å². The van der Waals surface area contributed by atoms with Crippen molar-refractivity contribution in [1.82, 2.24) is 4.98 Å². The quantitative estimate of drug-likeness (QED) is 0.872. The summed E-state index contributed by atoms with van der Waals surface area (Å²) in [5.41, 5.74) is 1.93. The van der Waals surface area contributed by atoms with Crippen LogP contribution in [-0.4, -0.2) is 17.9 Å². The van der Waals surface area contributed by atoms with Gasteiger partial charge in [0.15, 0.2) is 0 Å². The molecule has 0 aliphatic rings. The molecule has 20 heavy (non-hydrogen) atoms. The van der Waals surface area contributed by atoms with Crippen molar-refractivity contribution in [3.8, 4) is 0 Å². The number of carbonyl (C=O) groups excluding carboxylic acids is 1. The Morgan fingerprint density at radius 3 is 2.80 bits per heavy atom. The summed E-state index contributed by atoms with van der Waals surface area (Å²) in [6.07, 6.45) is 0. The van der Waals surface area contributed by atoms with Crippen LogP contribution in [0.1, 0.15) is 16.1 Å². The number of aryl methyl sites for hydroxylation is 1. The van der Waals surface area contributed by atoms with Crippen LogP contribution in [0.25, 0.3) is 0 Å². The Bertz CT molecular complexity index is 661. The van der Waals surface area contributed by atoms with E-state index in [1.807, 2.05) is 6.92 Å². The van der Waals surface area contributed by atoms with Crippen molar-refractivity contribution in [1.29, 1.82) is 0 Å². The smallest absolute Gasteiger partial charge is 0.255 e. The summed E-state index contributed by atoms with van der Waals surface area (Å²) in [7, 11) is 1.76. The van der Waals surface area contributed by atoms with Crippen LogP contribution in [0.2, 0.25) is 5.02 Å². The van der Waals surface area contributed by atoms with Crippen molar-refractivity contribution < 1.29 is 4.79 Å². The maximum Gasteiger partial charge on any atom is 0.255 e. The van der Waals surface area contributed by atoms with Gasteiger partial charge in [-0.05, 0) is 47.1 Å². The summed E-state index contributed by atoms with van der Waals surface area (Å²) >= 11 is 9.35. The van der Waals surface area contributed by atoms with Crippen molar-refractivity contribution in [3.63, 3.8) is 0 Å². The van der Waals surface area contributed by atoms with Gasteiger partial charge in [-0.2, -0.15) is 0 Å². The molecule has 1 amide bonds. The van der Waals surface area contributed by atoms with E-state index in [9.17, 15) is 4.79 Å². The summed E-state index contributed by atoms with van der Waals surface area (Å²) in [6, 6.07) is 8.73. The number of rotatable bonds is 3. The number of aromatic nitrogens is 1. The fourth-order valence-electron chi connectivity index (χ4n) is 1.72. The molecule has 104 valence electrons. The maximum atomic E-state index is 12.3. The highest BCUT2D eigenvalue weighted by molar-refractivity contribution is 9.10. The number of hydrogen-bond acceptors (Lipinski definition) is 3. The van der Waals surface area contributed by atoms with Crippen molar-refractivity contribution in [2.24, 2.45) is 0 Å².